The van der Waals surface area contributed by atoms with Crippen molar-refractivity contribution in [2.45, 2.75) is 50.9 Å². The minimum absolute atomic E-state index is 0.00652. The van der Waals surface area contributed by atoms with Crippen molar-refractivity contribution < 1.29 is 42.5 Å². The summed E-state index contributed by atoms with van der Waals surface area (Å²) in [6.45, 7) is 2.65. The third-order valence-corrected chi connectivity index (χ3v) is 9.21. The van der Waals surface area contributed by atoms with E-state index in [0.29, 0.717) is 5.01 Å². The van der Waals surface area contributed by atoms with Crippen LogP contribution in [-0.2, 0) is 19.2 Å². The van der Waals surface area contributed by atoms with Crippen LogP contribution in [0.1, 0.15) is 37.4 Å². The Morgan fingerprint density at radius 3 is 2.77 bits per heavy atom. The SMILES string of the molecule is CCOC(=O)C1=C(CN2CC(F)(F)[C@@H]3[C@H]2CON3C[C@@H](O)C(C)(C)C(=O)O)NC(c2nccs2)=N[C@H]1c1cccc(F)c1Cl. The number of aromatic nitrogens is 1. The Balaban J connectivity index is 1.51. The van der Waals surface area contributed by atoms with Crippen molar-refractivity contribution in [2.24, 2.45) is 10.4 Å². The molecule has 5 rings (SSSR count). The first-order valence-electron chi connectivity index (χ1n) is 13.8. The van der Waals surface area contributed by atoms with Gasteiger partial charge in [-0.3, -0.25) is 19.5 Å². The van der Waals surface area contributed by atoms with Crippen LogP contribution >= 0.6 is 22.9 Å². The number of aliphatic hydroxyl groups is 1. The number of carbonyl (C=O) groups excluding carboxylic acids is 1. The van der Waals surface area contributed by atoms with Crippen LogP contribution in [0.2, 0.25) is 5.02 Å². The number of nitrogens with zero attached hydrogens (tertiary/aromatic N) is 4. The summed E-state index contributed by atoms with van der Waals surface area (Å²) >= 11 is 7.59. The van der Waals surface area contributed by atoms with E-state index in [9.17, 15) is 24.2 Å². The first-order chi connectivity index (χ1) is 20.8. The van der Waals surface area contributed by atoms with Gasteiger partial charge in [0.1, 0.15) is 17.9 Å². The van der Waals surface area contributed by atoms with E-state index in [1.165, 1.54) is 48.3 Å². The maximum Gasteiger partial charge on any atom is 0.338 e. The van der Waals surface area contributed by atoms with Gasteiger partial charge in [-0.15, -0.1) is 11.3 Å². The van der Waals surface area contributed by atoms with Crippen LogP contribution in [-0.4, -0.2) is 99.9 Å². The van der Waals surface area contributed by atoms with Gasteiger partial charge in [-0.25, -0.2) is 22.9 Å². The van der Waals surface area contributed by atoms with Gasteiger partial charge in [0, 0.05) is 29.4 Å². The zero-order valence-electron chi connectivity index (χ0n) is 24.0. The Kier molecular flexibility index (Phi) is 9.08. The summed E-state index contributed by atoms with van der Waals surface area (Å²) in [5, 5.41) is 26.0. The van der Waals surface area contributed by atoms with Gasteiger partial charge < -0.3 is 20.3 Å². The second kappa shape index (κ2) is 12.4. The number of benzene rings is 1. The van der Waals surface area contributed by atoms with E-state index in [1.807, 2.05) is 0 Å². The Morgan fingerprint density at radius 1 is 1.36 bits per heavy atom. The molecule has 0 bridgehead atoms. The molecule has 0 aliphatic carbocycles. The Morgan fingerprint density at radius 2 is 2.11 bits per heavy atom. The number of aliphatic hydroxyl groups excluding tert-OH is 1. The molecule has 1 aromatic heterocycles. The van der Waals surface area contributed by atoms with E-state index in [0.717, 1.165) is 5.06 Å². The molecular weight excluding hydrogens is 627 g/mol. The Hall–Kier alpha value is -3.08. The van der Waals surface area contributed by atoms with Crippen molar-refractivity contribution in [3.63, 3.8) is 0 Å². The van der Waals surface area contributed by atoms with E-state index in [1.54, 1.807) is 18.5 Å². The number of alkyl halides is 2. The van der Waals surface area contributed by atoms with Crippen LogP contribution in [0, 0.1) is 11.2 Å². The number of carbonyl (C=O) groups is 2. The summed E-state index contributed by atoms with van der Waals surface area (Å²) in [6, 6.07) is 0.582. The molecule has 0 unspecified atom stereocenters. The van der Waals surface area contributed by atoms with Gasteiger partial charge in [-0.2, -0.15) is 5.06 Å². The van der Waals surface area contributed by atoms with Crippen LogP contribution in [0.4, 0.5) is 13.2 Å². The summed E-state index contributed by atoms with van der Waals surface area (Å²) in [5.74, 6) is -5.89. The molecule has 0 saturated carbocycles. The van der Waals surface area contributed by atoms with Crippen molar-refractivity contribution in [2.75, 3.05) is 32.8 Å². The fourth-order valence-corrected chi connectivity index (χ4v) is 6.29. The number of hydroxylamine groups is 2. The summed E-state index contributed by atoms with van der Waals surface area (Å²) < 4.78 is 51.1. The maximum atomic E-state index is 15.6. The largest absolute Gasteiger partial charge is 0.481 e. The summed E-state index contributed by atoms with van der Waals surface area (Å²) in [7, 11) is 0. The van der Waals surface area contributed by atoms with Gasteiger partial charge >= 0.3 is 11.9 Å². The average molecular weight is 658 g/mol. The number of rotatable bonds is 10. The molecule has 3 aliphatic heterocycles. The number of hydrogen-bond donors (Lipinski definition) is 3. The van der Waals surface area contributed by atoms with Crippen molar-refractivity contribution in [3.05, 3.63) is 62.5 Å². The summed E-state index contributed by atoms with van der Waals surface area (Å²) in [6.07, 6.45) is 0.0463. The van der Waals surface area contributed by atoms with Crippen molar-refractivity contribution in [1.82, 2.24) is 20.3 Å². The Labute approximate surface area is 259 Å². The molecule has 44 heavy (non-hydrogen) atoms. The van der Waals surface area contributed by atoms with Gasteiger partial charge in [-0.1, -0.05) is 23.7 Å². The van der Waals surface area contributed by atoms with Crippen LogP contribution in [0.15, 0.2) is 46.0 Å². The van der Waals surface area contributed by atoms with Crippen molar-refractivity contribution in [1.29, 1.82) is 0 Å². The number of thiazole rings is 1. The van der Waals surface area contributed by atoms with Gasteiger partial charge in [0.15, 0.2) is 10.8 Å². The summed E-state index contributed by atoms with van der Waals surface area (Å²) in [5.41, 5.74) is -1.27. The number of esters is 1. The highest BCUT2D eigenvalue weighted by atomic mass is 35.5. The third-order valence-electron chi connectivity index (χ3n) is 8.03. The van der Waals surface area contributed by atoms with E-state index in [4.69, 9.17) is 21.2 Å². The lowest BCUT2D eigenvalue weighted by molar-refractivity contribution is -0.202. The van der Waals surface area contributed by atoms with Gasteiger partial charge in [-0.05, 0) is 26.8 Å². The molecule has 16 heteroatoms. The van der Waals surface area contributed by atoms with E-state index >= 15 is 8.78 Å². The van der Waals surface area contributed by atoms with Crippen molar-refractivity contribution >= 4 is 40.7 Å². The number of β-amino-alcohol motifs (C(OH)–C–C–N with tert-alkyl or cyclic N) is 1. The molecule has 0 radical (unpaired) electrons. The number of aliphatic imine (C=N–C) groups is 1. The normalized spacial score (nSPS) is 24.5. The maximum absolute atomic E-state index is 15.6. The van der Waals surface area contributed by atoms with Gasteiger partial charge in [0.2, 0.25) is 0 Å². The highest BCUT2D eigenvalue weighted by molar-refractivity contribution is 7.11. The molecule has 0 amide bonds. The second-order valence-corrected chi connectivity index (χ2v) is 12.5. The monoisotopic (exact) mass is 657 g/mol. The number of aliphatic carboxylic acids is 1. The number of ether oxygens (including phenoxy) is 1. The average Bonchev–Trinajstić information content (AvgIpc) is 3.69. The number of halogens is 4. The van der Waals surface area contributed by atoms with E-state index in [2.05, 4.69) is 15.3 Å². The zero-order chi connectivity index (χ0) is 32.0. The number of hydrogen-bond acceptors (Lipinski definition) is 11. The lowest BCUT2D eigenvalue weighted by atomic mass is 9.86. The molecule has 2 saturated heterocycles. The lowest BCUT2D eigenvalue weighted by Crippen LogP contribution is -2.51. The van der Waals surface area contributed by atoms with Crippen LogP contribution in [0.25, 0.3) is 0 Å². The number of amidine groups is 1. The van der Waals surface area contributed by atoms with Crippen LogP contribution in [0.5, 0.6) is 0 Å². The number of carboxylic acids is 1. The molecule has 3 N–H and O–H groups in total. The predicted octanol–water partition coefficient (Wildman–Crippen LogP) is 3.25. The highest BCUT2D eigenvalue weighted by Gasteiger charge is 2.61. The van der Waals surface area contributed by atoms with Crippen LogP contribution < -0.4 is 5.32 Å². The lowest BCUT2D eigenvalue weighted by Gasteiger charge is -2.32. The molecule has 0 spiro atoms. The number of fused-ring (bicyclic) bond motifs is 1. The molecule has 2 fully saturated rings. The smallest absolute Gasteiger partial charge is 0.338 e. The molecular formula is C28H31ClF3N5O6S. The molecule has 238 valence electrons. The summed E-state index contributed by atoms with van der Waals surface area (Å²) in [4.78, 5) is 41.0. The molecule has 2 aromatic rings. The molecule has 4 atom stereocenters. The molecule has 4 heterocycles. The molecule has 1 aromatic carbocycles. The number of likely N-dealkylation sites (tertiary alicyclic amines) is 1. The number of carboxylic acid groups (broad SMARTS) is 1. The minimum atomic E-state index is -3.33. The van der Waals surface area contributed by atoms with E-state index in [-0.39, 0.29) is 47.5 Å². The Bertz CT molecular complexity index is 1490. The zero-order valence-corrected chi connectivity index (χ0v) is 25.5. The topological polar surface area (TPSA) is 137 Å². The van der Waals surface area contributed by atoms with Gasteiger partial charge in [0.05, 0.1) is 54.5 Å². The van der Waals surface area contributed by atoms with Crippen LogP contribution in [0.3, 0.4) is 0 Å². The predicted molar refractivity (Wildman–Crippen MR) is 154 cm³/mol. The molecule has 11 nitrogen and oxygen atoms in total. The fraction of sp³-hybridized carbons (Fsp3) is 0.500. The van der Waals surface area contributed by atoms with E-state index < -0.39 is 66.4 Å². The first kappa shape index (κ1) is 32.3. The van der Waals surface area contributed by atoms with Crippen molar-refractivity contribution in [3.8, 4) is 0 Å². The molecule has 3 aliphatic rings. The standard InChI is InChI=1S/C28H31ClF3N5O6S/c1-4-42-25(39)19-16(34-23(24-33-8-9-44-24)35-21(19)14-6-5-7-15(30)20(14)29)10-36-13-28(31,32)22-17(36)12-43-37(22)11-18(38)27(2,3)26(40)41/h5-9,17-18,21-22,38H,4,10-13H2,1-3H3,(H,34,35)(H,40,41)/t17-,18-,21+,22+/m1/s1. The quantitative estimate of drug-likeness (QED) is 0.327. The second-order valence-electron chi connectivity index (χ2n) is 11.2. The fourth-order valence-electron chi connectivity index (χ4n) is 5.47. The minimum Gasteiger partial charge on any atom is -0.481 e. The third kappa shape index (κ3) is 5.96. The number of nitrogens with one attached hydrogen (secondary N) is 1. The first-order valence-corrected chi connectivity index (χ1v) is 15.0. The highest BCUT2D eigenvalue weighted by Crippen LogP contribution is 2.43. The van der Waals surface area contributed by atoms with Gasteiger partial charge in [0.25, 0.3) is 5.92 Å².